The van der Waals surface area contributed by atoms with Crippen LogP contribution in [0.5, 0.6) is 5.75 Å². The van der Waals surface area contributed by atoms with E-state index in [1.54, 1.807) is 36.1 Å². The first-order valence-electron chi connectivity index (χ1n) is 9.30. The molecule has 1 fully saturated rings. The van der Waals surface area contributed by atoms with Gasteiger partial charge in [-0.15, -0.1) is 0 Å². The largest absolute Gasteiger partial charge is 0.466 e. The molecule has 9 heteroatoms. The van der Waals surface area contributed by atoms with Gasteiger partial charge in [0.2, 0.25) is 5.91 Å². The molecule has 0 radical (unpaired) electrons. The van der Waals surface area contributed by atoms with E-state index >= 15 is 0 Å². The SMILES string of the molecule is CCOC(=O)CCC(=O)N(Cc1ccc(OS(C)(=O)=O)cc1)C[C@@H]1CCCO1. The van der Waals surface area contributed by atoms with Gasteiger partial charge in [0.05, 0.1) is 25.4 Å². The molecule has 1 aliphatic heterocycles. The Hall–Kier alpha value is -2.13. The van der Waals surface area contributed by atoms with Gasteiger partial charge in [-0.1, -0.05) is 12.1 Å². The van der Waals surface area contributed by atoms with Gasteiger partial charge in [-0.05, 0) is 37.5 Å². The number of esters is 1. The lowest BCUT2D eigenvalue weighted by Crippen LogP contribution is -2.37. The van der Waals surface area contributed by atoms with E-state index in [2.05, 4.69) is 0 Å². The van der Waals surface area contributed by atoms with Crippen LogP contribution in [-0.2, 0) is 35.7 Å². The Morgan fingerprint density at radius 1 is 1.21 bits per heavy atom. The third-order valence-corrected chi connectivity index (χ3v) is 4.69. The van der Waals surface area contributed by atoms with Crippen LogP contribution in [-0.4, -0.2) is 57.3 Å². The number of carbonyl (C=O) groups excluding carboxylic acids is 2. The lowest BCUT2D eigenvalue weighted by atomic mass is 10.1. The maximum atomic E-state index is 12.7. The highest BCUT2D eigenvalue weighted by molar-refractivity contribution is 7.86. The molecule has 0 bridgehead atoms. The Labute approximate surface area is 165 Å². The van der Waals surface area contributed by atoms with Crippen molar-refractivity contribution in [3.05, 3.63) is 29.8 Å². The summed E-state index contributed by atoms with van der Waals surface area (Å²) < 4.78 is 37.7. The zero-order valence-corrected chi connectivity index (χ0v) is 17.1. The van der Waals surface area contributed by atoms with Crippen LogP contribution in [0.15, 0.2) is 24.3 Å². The second kappa shape index (κ2) is 10.4. The van der Waals surface area contributed by atoms with Gasteiger partial charge in [-0.3, -0.25) is 9.59 Å². The number of ether oxygens (including phenoxy) is 2. The first kappa shape index (κ1) is 22.2. The van der Waals surface area contributed by atoms with Crippen LogP contribution in [0.1, 0.15) is 38.2 Å². The Morgan fingerprint density at radius 2 is 1.93 bits per heavy atom. The molecule has 28 heavy (non-hydrogen) atoms. The molecule has 1 atom stereocenters. The average molecular weight is 413 g/mol. The molecule has 1 aliphatic rings. The van der Waals surface area contributed by atoms with Crippen molar-refractivity contribution in [1.82, 2.24) is 4.90 Å². The third kappa shape index (κ3) is 7.85. The summed E-state index contributed by atoms with van der Waals surface area (Å²) in [6, 6.07) is 6.51. The lowest BCUT2D eigenvalue weighted by Gasteiger charge is -2.25. The van der Waals surface area contributed by atoms with Gasteiger partial charge in [-0.25, -0.2) is 0 Å². The topological polar surface area (TPSA) is 99.2 Å². The minimum Gasteiger partial charge on any atom is -0.466 e. The highest BCUT2D eigenvalue weighted by Crippen LogP contribution is 2.19. The van der Waals surface area contributed by atoms with E-state index in [4.69, 9.17) is 13.7 Å². The van der Waals surface area contributed by atoms with Gasteiger partial charge >= 0.3 is 16.1 Å². The Kier molecular flexibility index (Phi) is 8.25. The molecule has 0 saturated carbocycles. The van der Waals surface area contributed by atoms with Crippen LogP contribution in [0.3, 0.4) is 0 Å². The van der Waals surface area contributed by atoms with Crippen molar-refractivity contribution in [2.75, 3.05) is 26.0 Å². The number of rotatable bonds is 10. The van der Waals surface area contributed by atoms with E-state index in [0.717, 1.165) is 24.7 Å². The molecule has 0 aliphatic carbocycles. The fraction of sp³-hybridized carbons (Fsp3) is 0.579. The van der Waals surface area contributed by atoms with Crippen molar-refractivity contribution < 1.29 is 31.7 Å². The van der Waals surface area contributed by atoms with Gasteiger partial charge in [0.15, 0.2) is 0 Å². The molecule has 156 valence electrons. The van der Waals surface area contributed by atoms with Gasteiger partial charge in [0.1, 0.15) is 5.75 Å². The van der Waals surface area contributed by atoms with E-state index in [9.17, 15) is 18.0 Å². The smallest absolute Gasteiger partial charge is 0.306 e. The molecular weight excluding hydrogens is 386 g/mol. The maximum absolute atomic E-state index is 12.7. The second-order valence-corrected chi connectivity index (χ2v) is 8.22. The zero-order chi connectivity index (χ0) is 20.6. The zero-order valence-electron chi connectivity index (χ0n) is 16.3. The summed E-state index contributed by atoms with van der Waals surface area (Å²) in [7, 11) is -3.59. The summed E-state index contributed by atoms with van der Waals surface area (Å²) in [5.41, 5.74) is 0.823. The molecule has 8 nitrogen and oxygen atoms in total. The highest BCUT2D eigenvalue weighted by atomic mass is 32.2. The monoisotopic (exact) mass is 413 g/mol. The van der Waals surface area contributed by atoms with Crippen LogP contribution in [0.4, 0.5) is 0 Å². The summed E-state index contributed by atoms with van der Waals surface area (Å²) in [6.45, 7) is 3.48. The summed E-state index contributed by atoms with van der Waals surface area (Å²) in [5.74, 6) is -0.333. The molecular formula is C19H27NO7S. The number of benzene rings is 1. The molecule has 1 amide bonds. The first-order valence-corrected chi connectivity index (χ1v) is 11.1. The quantitative estimate of drug-likeness (QED) is 0.426. The van der Waals surface area contributed by atoms with Gasteiger partial charge in [0, 0.05) is 26.1 Å². The standard InChI is InChI=1S/C19H27NO7S/c1-3-25-19(22)11-10-18(21)20(14-17-5-4-12-26-17)13-15-6-8-16(9-7-15)27-28(2,23)24/h6-9,17H,3-5,10-14H2,1-2H3/t17-/m0/s1. The van der Waals surface area contributed by atoms with Crippen LogP contribution in [0, 0.1) is 0 Å². The number of hydrogen-bond acceptors (Lipinski definition) is 7. The van der Waals surface area contributed by atoms with Crippen molar-refractivity contribution in [2.45, 2.75) is 45.3 Å². The molecule has 0 N–H and O–H groups in total. The van der Waals surface area contributed by atoms with Gasteiger partial charge < -0.3 is 18.6 Å². The number of amides is 1. The molecule has 2 rings (SSSR count). The maximum Gasteiger partial charge on any atom is 0.306 e. The normalized spacial score (nSPS) is 16.6. The highest BCUT2D eigenvalue weighted by Gasteiger charge is 2.23. The minimum absolute atomic E-state index is 0.0145. The van der Waals surface area contributed by atoms with Gasteiger partial charge in [0.25, 0.3) is 0 Å². The van der Waals surface area contributed by atoms with Crippen molar-refractivity contribution in [1.29, 1.82) is 0 Å². The predicted molar refractivity (Wildman–Crippen MR) is 102 cm³/mol. The van der Waals surface area contributed by atoms with Gasteiger partial charge in [-0.2, -0.15) is 8.42 Å². The summed E-state index contributed by atoms with van der Waals surface area (Å²) in [4.78, 5) is 25.9. The Balaban J connectivity index is 2.01. The molecule has 0 spiro atoms. The van der Waals surface area contributed by atoms with E-state index in [1.165, 1.54) is 0 Å². The number of carbonyl (C=O) groups is 2. The molecule has 1 aromatic carbocycles. The van der Waals surface area contributed by atoms with Crippen LogP contribution in [0.25, 0.3) is 0 Å². The molecule has 0 unspecified atom stereocenters. The summed E-state index contributed by atoms with van der Waals surface area (Å²) >= 11 is 0. The number of hydrogen-bond donors (Lipinski definition) is 0. The van der Waals surface area contributed by atoms with E-state index < -0.39 is 16.1 Å². The molecule has 1 heterocycles. The fourth-order valence-electron chi connectivity index (χ4n) is 2.93. The molecule has 1 aromatic rings. The van der Waals surface area contributed by atoms with Crippen molar-refractivity contribution in [2.24, 2.45) is 0 Å². The summed E-state index contributed by atoms with van der Waals surface area (Å²) in [6.07, 6.45) is 2.93. The van der Waals surface area contributed by atoms with E-state index in [0.29, 0.717) is 19.7 Å². The van der Waals surface area contributed by atoms with Crippen molar-refractivity contribution in [3.63, 3.8) is 0 Å². The second-order valence-electron chi connectivity index (χ2n) is 6.65. The third-order valence-electron chi connectivity index (χ3n) is 4.19. The van der Waals surface area contributed by atoms with Crippen molar-refractivity contribution >= 4 is 22.0 Å². The lowest BCUT2D eigenvalue weighted by molar-refractivity contribution is -0.146. The molecule has 1 saturated heterocycles. The van der Waals surface area contributed by atoms with Crippen LogP contribution in [0.2, 0.25) is 0 Å². The predicted octanol–water partition coefficient (Wildman–Crippen LogP) is 1.88. The fourth-order valence-corrected chi connectivity index (χ4v) is 3.40. The first-order chi connectivity index (χ1) is 13.3. The number of nitrogens with zero attached hydrogens (tertiary/aromatic N) is 1. The minimum atomic E-state index is -3.59. The Morgan fingerprint density at radius 3 is 2.50 bits per heavy atom. The Bertz CT molecular complexity index is 755. The molecule has 0 aromatic heterocycles. The van der Waals surface area contributed by atoms with Crippen LogP contribution >= 0.6 is 0 Å². The summed E-state index contributed by atoms with van der Waals surface area (Å²) in [5, 5.41) is 0. The van der Waals surface area contributed by atoms with E-state index in [-0.39, 0.29) is 37.2 Å². The van der Waals surface area contributed by atoms with E-state index in [1.807, 2.05) is 0 Å². The van der Waals surface area contributed by atoms with Crippen molar-refractivity contribution in [3.8, 4) is 5.75 Å². The average Bonchev–Trinajstić information content (AvgIpc) is 3.13. The van der Waals surface area contributed by atoms with Crippen LogP contribution < -0.4 is 4.18 Å².